The van der Waals surface area contributed by atoms with E-state index in [1.807, 2.05) is 18.2 Å². The van der Waals surface area contributed by atoms with E-state index in [0.29, 0.717) is 0 Å². The van der Waals surface area contributed by atoms with Crippen molar-refractivity contribution in [2.24, 2.45) is 0 Å². The fraction of sp³-hybridized carbons (Fsp3) is 0.520. The molecule has 0 aromatic heterocycles. The number of anilines is 1. The molecule has 2 fully saturated rings. The van der Waals surface area contributed by atoms with Crippen LogP contribution in [-0.2, 0) is 4.57 Å². The Morgan fingerprint density at radius 1 is 0.767 bits per heavy atom. The molecular formula is C25H36N3OP. The van der Waals surface area contributed by atoms with Crippen LogP contribution in [0.15, 0.2) is 54.6 Å². The maximum absolute atomic E-state index is 15.3. The van der Waals surface area contributed by atoms with Crippen molar-refractivity contribution in [3.8, 4) is 0 Å². The molecule has 0 radical (unpaired) electrons. The first-order chi connectivity index (χ1) is 14.6. The lowest BCUT2D eigenvalue weighted by Gasteiger charge is -2.45. The van der Waals surface area contributed by atoms with Gasteiger partial charge in [-0.15, -0.1) is 0 Å². The monoisotopic (exact) mass is 425 g/mol. The molecule has 0 bridgehead atoms. The average molecular weight is 426 g/mol. The van der Waals surface area contributed by atoms with Gasteiger partial charge in [-0.25, -0.2) is 4.67 Å². The van der Waals surface area contributed by atoms with Crippen LogP contribution in [0.2, 0.25) is 0 Å². The molecule has 0 saturated carbocycles. The van der Waals surface area contributed by atoms with Crippen LogP contribution in [0.25, 0.3) is 0 Å². The van der Waals surface area contributed by atoms with E-state index < -0.39 is 7.29 Å². The summed E-state index contributed by atoms with van der Waals surface area (Å²) in [5, 5.41) is 1.01. The predicted molar refractivity (Wildman–Crippen MR) is 128 cm³/mol. The van der Waals surface area contributed by atoms with Crippen molar-refractivity contribution in [1.29, 1.82) is 0 Å². The van der Waals surface area contributed by atoms with E-state index in [9.17, 15) is 0 Å². The highest BCUT2D eigenvalue weighted by atomic mass is 31.2. The van der Waals surface area contributed by atoms with Crippen molar-refractivity contribution in [2.75, 3.05) is 45.2 Å². The van der Waals surface area contributed by atoms with Gasteiger partial charge in [0, 0.05) is 38.2 Å². The topological polar surface area (TPSA) is 26.8 Å². The van der Waals surface area contributed by atoms with Crippen LogP contribution in [0.5, 0.6) is 0 Å². The first kappa shape index (κ1) is 21.6. The van der Waals surface area contributed by atoms with Gasteiger partial charge in [0.15, 0.2) is 7.29 Å². The van der Waals surface area contributed by atoms with E-state index in [1.165, 1.54) is 36.9 Å². The molecule has 2 atom stereocenters. The Kier molecular flexibility index (Phi) is 6.98. The third-order valence-corrected chi connectivity index (χ3v) is 10.2. The van der Waals surface area contributed by atoms with Crippen molar-refractivity contribution < 1.29 is 4.57 Å². The Labute approximate surface area is 182 Å². The molecule has 0 spiro atoms. The van der Waals surface area contributed by atoms with E-state index >= 15 is 4.57 Å². The molecule has 162 valence electrons. The van der Waals surface area contributed by atoms with Gasteiger partial charge in [-0.2, -0.15) is 0 Å². The quantitative estimate of drug-likeness (QED) is 0.585. The highest BCUT2D eigenvalue weighted by Crippen LogP contribution is 2.63. The van der Waals surface area contributed by atoms with Gasteiger partial charge >= 0.3 is 0 Å². The number of benzene rings is 2. The van der Waals surface area contributed by atoms with Crippen molar-refractivity contribution in [2.45, 2.75) is 44.3 Å². The largest absolute Gasteiger partial charge is 0.378 e. The SMILES string of the molecule is CN(C)c1ccc([C@H](N2CCCCC2)[P@@](=O)(c2ccccc2)N2CCCCC2)cc1. The Morgan fingerprint density at radius 2 is 1.33 bits per heavy atom. The smallest absolute Gasteiger partial charge is 0.199 e. The number of nitrogens with zero attached hydrogens (tertiary/aromatic N) is 3. The summed E-state index contributed by atoms with van der Waals surface area (Å²) in [5.74, 6) is -0.0745. The molecule has 0 amide bonds. The molecule has 5 heteroatoms. The molecule has 2 aromatic carbocycles. The first-order valence-electron chi connectivity index (χ1n) is 11.5. The number of likely N-dealkylation sites (tertiary alicyclic amines) is 1. The Bertz CT molecular complexity index is 840. The zero-order valence-corrected chi connectivity index (χ0v) is 19.4. The fourth-order valence-corrected chi connectivity index (χ4v) is 8.66. The number of hydrogen-bond acceptors (Lipinski definition) is 3. The minimum atomic E-state index is -2.84. The lowest BCUT2D eigenvalue weighted by molar-refractivity contribution is 0.198. The Hall–Kier alpha value is -1.61. The Balaban J connectivity index is 1.83. The van der Waals surface area contributed by atoms with Crippen molar-refractivity contribution in [3.63, 3.8) is 0 Å². The van der Waals surface area contributed by atoms with Gasteiger partial charge in [-0.05, 0) is 56.5 Å². The highest BCUT2D eigenvalue weighted by molar-refractivity contribution is 7.69. The van der Waals surface area contributed by atoms with Gasteiger partial charge < -0.3 is 4.90 Å². The Morgan fingerprint density at radius 3 is 1.90 bits per heavy atom. The maximum atomic E-state index is 15.3. The molecular weight excluding hydrogens is 389 g/mol. The van der Waals surface area contributed by atoms with E-state index in [-0.39, 0.29) is 5.78 Å². The fourth-order valence-electron chi connectivity index (χ4n) is 5.02. The summed E-state index contributed by atoms with van der Waals surface area (Å²) in [6.07, 6.45) is 7.20. The second-order valence-corrected chi connectivity index (χ2v) is 11.7. The predicted octanol–water partition coefficient (Wildman–Crippen LogP) is 5.33. The molecule has 0 aliphatic carbocycles. The summed E-state index contributed by atoms with van der Waals surface area (Å²) in [5.41, 5.74) is 2.38. The summed E-state index contributed by atoms with van der Waals surface area (Å²) in [6, 6.07) is 19.1. The maximum Gasteiger partial charge on any atom is 0.199 e. The molecule has 2 aromatic rings. The zero-order chi connectivity index (χ0) is 21.0. The summed E-state index contributed by atoms with van der Waals surface area (Å²) < 4.78 is 17.6. The number of piperidine rings is 2. The molecule has 30 heavy (non-hydrogen) atoms. The standard InChI is InChI=1S/C25H36N3OP/c1-26(2)23-16-14-22(15-17-23)25(27-18-8-4-9-19-27)30(29,24-12-6-3-7-13-24)28-20-10-5-11-21-28/h3,6-7,12-17,25H,4-5,8-11,18-21H2,1-2H3/t25-,30+/m1/s1. The lowest BCUT2D eigenvalue weighted by Crippen LogP contribution is -2.41. The van der Waals surface area contributed by atoms with Crippen LogP contribution in [0.3, 0.4) is 0 Å². The van der Waals surface area contributed by atoms with Gasteiger partial charge in [0.05, 0.1) is 0 Å². The van der Waals surface area contributed by atoms with Crippen LogP contribution in [0.1, 0.15) is 49.9 Å². The highest BCUT2D eigenvalue weighted by Gasteiger charge is 2.45. The van der Waals surface area contributed by atoms with Crippen molar-refractivity contribution in [1.82, 2.24) is 9.57 Å². The molecule has 2 heterocycles. The van der Waals surface area contributed by atoms with Crippen molar-refractivity contribution >= 4 is 18.3 Å². The summed E-state index contributed by atoms with van der Waals surface area (Å²) >= 11 is 0. The third-order valence-electron chi connectivity index (χ3n) is 6.65. The molecule has 2 aliphatic rings. The van der Waals surface area contributed by atoms with Crippen molar-refractivity contribution in [3.05, 3.63) is 60.2 Å². The third kappa shape index (κ3) is 4.37. The van der Waals surface area contributed by atoms with Gasteiger partial charge in [0.25, 0.3) is 0 Å². The van der Waals surface area contributed by atoms with Gasteiger partial charge in [0.2, 0.25) is 0 Å². The minimum absolute atomic E-state index is 0.0745. The van der Waals surface area contributed by atoms with E-state index in [1.54, 1.807) is 0 Å². The summed E-state index contributed by atoms with van der Waals surface area (Å²) in [6.45, 7) is 3.94. The second-order valence-electron chi connectivity index (χ2n) is 8.93. The lowest BCUT2D eigenvalue weighted by atomic mass is 10.1. The molecule has 2 saturated heterocycles. The summed E-state index contributed by atoms with van der Waals surface area (Å²) in [7, 11) is 1.30. The second kappa shape index (κ2) is 9.68. The van der Waals surface area contributed by atoms with Gasteiger partial charge in [-0.3, -0.25) is 9.46 Å². The van der Waals surface area contributed by atoms with Crippen LogP contribution in [0, 0.1) is 0 Å². The van der Waals surface area contributed by atoms with Crippen LogP contribution in [-0.4, -0.2) is 49.8 Å². The van der Waals surface area contributed by atoms with Crippen LogP contribution >= 0.6 is 7.29 Å². The minimum Gasteiger partial charge on any atom is -0.378 e. The molecule has 0 unspecified atom stereocenters. The van der Waals surface area contributed by atoms with Crippen LogP contribution in [0.4, 0.5) is 5.69 Å². The average Bonchev–Trinajstić information content (AvgIpc) is 2.81. The van der Waals surface area contributed by atoms with E-state index in [0.717, 1.165) is 44.3 Å². The van der Waals surface area contributed by atoms with Crippen LogP contribution < -0.4 is 10.2 Å². The number of hydrogen-bond donors (Lipinski definition) is 0. The van der Waals surface area contributed by atoms with Gasteiger partial charge in [0.1, 0.15) is 5.78 Å². The van der Waals surface area contributed by atoms with E-state index in [2.05, 4.69) is 65.0 Å². The molecule has 4 rings (SSSR count). The molecule has 4 nitrogen and oxygen atoms in total. The summed E-state index contributed by atoms with van der Waals surface area (Å²) in [4.78, 5) is 4.65. The van der Waals surface area contributed by atoms with E-state index in [4.69, 9.17) is 0 Å². The normalized spacial score (nSPS) is 21.7. The first-order valence-corrected chi connectivity index (χ1v) is 13.3. The number of rotatable bonds is 6. The molecule has 0 N–H and O–H groups in total. The molecule has 2 aliphatic heterocycles. The van der Waals surface area contributed by atoms with Gasteiger partial charge in [-0.1, -0.05) is 55.3 Å². The zero-order valence-electron chi connectivity index (χ0n) is 18.5.